The van der Waals surface area contributed by atoms with Gasteiger partial charge in [-0.15, -0.1) is 0 Å². The Labute approximate surface area is 236 Å². The van der Waals surface area contributed by atoms with Crippen LogP contribution in [0.5, 0.6) is 23.0 Å². The summed E-state index contributed by atoms with van der Waals surface area (Å²) in [5.41, 5.74) is -0.541. The fourth-order valence-electron chi connectivity index (χ4n) is 4.76. The largest absolute Gasteiger partial charge is 0.507 e. The van der Waals surface area contributed by atoms with Crippen LogP contribution in [0.4, 0.5) is 0 Å². The molecule has 0 spiro atoms. The number of aliphatic hydroxyl groups is 6. The molecule has 2 fully saturated rings. The first-order valence-electron chi connectivity index (χ1n) is 12.9. The van der Waals surface area contributed by atoms with Crippen LogP contribution in [0.3, 0.4) is 0 Å². The van der Waals surface area contributed by atoms with Crippen molar-refractivity contribution in [3.8, 4) is 34.3 Å². The fraction of sp³-hybridized carbons (Fsp3) is 0.444. The molecule has 15 nitrogen and oxygen atoms in total. The number of aromatic hydroxyl groups is 3. The number of rotatable bonds is 6. The molecule has 10 atom stereocenters. The summed E-state index contributed by atoms with van der Waals surface area (Å²) in [4.78, 5) is 12.7. The SMILES string of the molecule is CC1O[C@@H](OCC2O[C@@H](Oc3cc(O)c4c(=O)cc(-c5ccc(O)c(O)c5)oc4c3)C(O)[C@@H](O)[C@H]2O)[C@@H](O)C(O)[C@H]1O. The van der Waals surface area contributed by atoms with E-state index < -0.39 is 84.9 Å². The predicted molar refractivity (Wildman–Crippen MR) is 139 cm³/mol. The fourth-order valence-corrected chi connectivity index (χ4v) is 4.76. The number of fused-ring (bicyclic) bond motifs is 1. The van der Waals surface area contributed by atoms with E-state index in [1.807, 2.05) is 0 Å². The minimum absolute atomic E-state index is 0.0110. The second-order valence-electron chi connectivity index (χ2n) is 10.1. The summed E-state index contributed by atoms with van der Waals surface area (Å²) >= 11 is 0. The van der Waals surface area contributed by atoms with Crippen LogP contribution in [0, 0.1) is 0 Å². The Balaban J connectivity index is 1.36. The Morgan fingerprint density at radius 3 is 2.14 bits per heavy atom. The number of phenols is 3. The molecule has 9 N–H and O–H groups in total. The maximum Gasteiger partial charge on any atom is 0.229 e. The monoisotopic (exact) mass is 594 g/mol. The van der Waals surface area contributed by atoms with Crippen LogP contribution in [-0.2, 0) is 14.2 Å². The highest BCUT2D eigenvalue weighted by atomic mass is 16.7. The van der Waals surface area contributed by atoms with E-state index in [0.717, 1.165) is 12.1 Å². The zero-order chi connectivity index (χ0) is 30.5. The summed E-state index contributed by atoms with van der Waals surface area (Å²) in [5, 5.41) is 91.0. The molecule has 0 amide bonds. The van der Waals surface area contributed by atoms with Crippen LogP contribution < -0.4 is 10.2 Å². The van der Waals surface area contributed by atoms with E-state index in [-0.39, 0.29) is 33.8 Å². The molecule has 15 heteroatoms. The zero-order valence-electron chi connectivity index (χ0n) is 21.9. The van der Waals surface area contributed by atoms with Gasteiger partial charge in [0.1, 0.15) is 71.0 Å². The third-order valence-electron chi connectivity index (χ3n) is 7.20. The Kier molecular flexibility index (Phi) is 8.30. The molecule has 0 radical (unpaired) electrons. The van der Waals surface area contributed by atoms with Gasteiger partial charge in [-0.3, -0.25) is 4.79 Å². The van der Waals surface area contributed by atoms with Crippen LogP contribution in [0.2, 0.25) is 0 Å². The van der Waals surface area contributed by atoms with Crippen molar-refractivity contribution >= 4 is 11.0 Å². The normalized spacial score (nSPS) is 33.5. The van der Waals surface area contributed by atoms with Gasteiger partial charge in [0.05, 0.1) is 12.7 Å². The maximum atomic E-state index is 12.7. The third kappa shape index (κ3) is 5.61. The lowest BCUT2D eigenvalue weighted by molar-refractivity contribution is -0.318. The van der Waals surface area contributed by atoms with E-state index >= 15 is 0 Å². The molecule has 42 heavy (non-hydrogen) atoms. The molecule has 0 aliphatic carbocycles. The highest BCUT2D eigenvalue weighted by Crippen LogP contribution is 2.35. The summed E-state index contributed by atoms with van der Waals surface area (Å²) < 4.78 is 27.8. The van der Waals surface area contributed by atoms with Crippen molar-refractivity contribution in [2.45, 2.75) is 68.3 Å². The number of phenolic OH excluding ortho intramolecular Hbond substituents is 3. The van der Waals surface area contributed by atoms with Crippen molar-refractivity contribution in [1.29, 1.82) is 0 Å². The van der Waals surface area contributed by atoms with Crippen LogP contribution >= 0.6 is 0 Å². The number of benzene rings is 2. The van der Waals surface area contributed by atoms with E-state index in [4.69, 9.17) is 23.4 Å². The lowest BCUT2D eigenvalue weighted by Crippen LogP contribution is -2.61. The third-order valence-corrected chi connectivity index (χ3v) is 7.20. The molecular formula is C27H30O15. The van der Waals surface area contributed by atoms with Crippen molar-refractivity contribution < 1.29 is 69.3 Å². The lowest BCUT2D eigenvalue weighted by atomic mass is 9.98. The summed E-state index contributed by atoms with van der Waals surface area (Å²) in [6.45, 7) is 0.938. The zero-order valence-corrected chi connectivity index (χ0v) is 21.9. The minimum Gasteiger partial charge on any atom is -0.507 e. The number of hydrogen-bond donors (Lipinski definition) is 9. The predicted octanol–water partition coefficient (Wildman–Crippen LogP) is -1.39. The first-order chi connectivity index (χ1) is 19.8. The Morgan fingerprint density at radius 1 is 0.738 bits per heavy atom. The van der Waals surface area contributed by atoms with Crippen molar-refractivity contribution in [2.24, 2.45) is 0 Å². The van der Waals surface area contributed by atoms with Gasteiger partial charge in [-0.2, -0.15) is 0 Å². The Hall–Kier alpha value is -3.51. The molecule has 0 saturated carbocycles. The van der Waals surface area contributed by atoms with Gasteiger partial charge in [-0.25, -0.2) is 0 Å². The topological polar surface area (TPSA) is 249 Å². The smallest absolute Gasteiger partial charge is 0.229 e. The Bertz CT molecular complexity index is 1490. The van der Waals surface area contributed by atoms with Crippen LogP contribution in [0.25, 0.3) is 22.3 Å². The summed E-state index contributed by atoms with van der Waals surface area (Å²) in [5.74, 6) is -1.56. The first kappa shape index (κ1) is 30.0. The molecule has 0 bridgehead atoms. The standard InChI is InChI=1S/C27H30O15/c1-9-20(32)22(34)24(36)26(39-9)38-8-18-21(33)23(35)25(37)27(42-18)40-11-5-14(30)19-15(31)7-16(41-17(19)6-11)10-2-3-12(28)13(29)4-10/h2-7,9,18,20-30,32-37H,8H2,1H3/t9?,18?,20-,21-,22?,23-,24-,25?,26+,27+/m0/s1. The van der Waals surface area contributed by atoms with E-state index in [1.54, 1.807) is 0 Å². The van der Waals surface area contributed by atoms with Crippen molar-refractivity contribution in [1.82, 2.24) is 0 Å². The van der Waals surface area contributed by atoms with Crippen molar-refractivity contribution in [2.75, 3.05) is 6.61 Å². The molecule has 4 unspecified atom stereocenters. The van der Waals surface area contributed by atoms with Gasteiger partial charge in [0, 0.05) is 23.8 Å². The molecule has 1 aromatic heterocycles. The highest BCUT2D eigenvalue weighted by Gasteiger charge is 2.47. The maximum absolute atomic E-state index is 12.7. The molecule has 2 aliphatic rings. The summed E-state index contributed by atoms with van der Waals surface area (Å²) in [6.07, 6.45) is -15.1. The van der Waals surface area contributed by atoms with Crippen LogP contribution in [-0.4, -0.2) is 114 Å². The van der Waals surface area contributed by atoms with Gasteiger partial charge < -0.3 is 69.3 Å². The molecule has 3 aromatic rings. The lowest BCUT2D eigenvalue weighted by Gasteiger charge is -2.42. The van der Waals surface area contributed by atoms with Crippen LogP contribution in [0.1, 0.15) is 6.92 Å². The molecule has 3 heterocycles. The average molecular weight is 595 g/mol. The van der Waals surface area contributed by atoms with Gasteiger partial charge in [0.2, 0.25) is 6.29 Å². The molecule has 228 valence electrons. The number of ether oxygens (including phenoxy) is 4. The summed E-state index contributed by atoms with van der Waals surface area (Å²) in [6, 6.07) is 7.09. The Morgan fingerprint density at radius 2 is 1.43 bits per heavy atom. The van der Waals surface area contributed by atoms with Crippen molar-refractivity contribution in [3.63, 3.8) is 0 Å². The summed E-state index contributed by atoms with van der Waals surface area (Å²) in [7, 11) is 0. The molecule has 2 saturated heterocycles. The number of aliphatic hydroxyl groups excluding tert-OH is 6. The number of hydrogen-bond acceptors (Lipinski definition) is 15. The first-order valence-corrected chi connectivity index (χ1v) is 12.9. The van der Waals surface area contributed by atoms with E-state index in [2.05, 4.69) is 0 Å². The molecule has 5 rings (SSSR count). The molecule has 2 aliphatic heterocycles. The molecule has 2 aromatic carbocycles. The second-order valence-corrected chi connectivity index (χ2v) is 10.1. The minimum atomic E-state index is -1.79. The second kappa shape index (κ2) is 11.6. The van der Waals surface area contributed by atoms with Crippen molar-refractivity contribution in [3.05, 3.63) is 46.6 Å². The van der Waals surface area contributed by atoms with Gasteiger partial charge in [-0.05, 0) is 25.1 Å². The van der Waals surface area contributed by atoms with Gasteiger partial charge >= 0.3 is 0 Å². The molecular weight excluding hydrogens is 564 g/mol. The van der Waals surface area contributed by atoms with Crippen LogP contribution in [0.15, 0.2) is 45.6 Å². The highest BCUT2D eigenvalue weighted by molar-refractivity contribution is 5.86. The van der Waals surface area contributed by atoms with E-state index in [9.17, 15) is 50.8 Å². The van der Waals surface area contributed by atoms with Gasteiger partial charge in [0.15, 0.2) is 23.2 Å². The average Bonchev–Trinajstić information content (AvgIpc) is 2.95. The quantitative estimate of drug-likeness (QED) is 0.149. The van der Waals surface area contributed by atoms with Gasteiger partial charge in [-0.1, -0.05) is 0 Å². The van der Waals surface area contributed by atoms with E-state index in [0.29, 0.717) is 0 Å². The van der Waals surface area contributed by atoms with E-state index in [1.165, 1.54) is 31.2 Å². The van der Waals surface area contributed by atoms with Gasteiger partial charge in [0.25, 0.3) is 0 Å².